The summed E-state index contributed by atoms with van der Waals surface area (Å²) >= 11 is 0. The maximum atomic E-state index is 12.5. The molecule has 8 heteroatoms. The number of aromatic nitrogens is 1. The summed E-state index contributed by atoms with van der Waals surface area (Å²) in [5.41, 5.74) is 1.52. The van der Waals surface area contributed by atoms with Gasteiger partial charge in [0.15, 0.2) is 5.76 Å². The smallest absolute Gasteiger partial charge is 0.410 e. The molecule has 1 N–H and O–H groups in total. The molecule has 0 radical (unpaired) electrons. The fourth-order valence-electron chi connectivity index (χ4n) is 3.15. The number of amides is 2. The van der Waals surface area contributed by atoms with Crippen LogP contribution in [0.4, 0.5) is 4.79 Å². The Labute approximate surface area is 157 Å². The van der Waals surface area contributed by atoms with Crippen molar-refractivity contribution in [3.8, 4) is 17.0 Å². The number of nitrogens with zero attached hydrogens (tertiary/aromatic N) is 2. The quantitative estimate of drug-likeness (QED) is 0.866. The molecule has 1 unspecified atom stereocenters. The minimum atomic E-state index is -0.521. The average Bonchev–Trinajstić information content (AvgIpc) is 3.20. The van der Waals surface area contributed by atoms with Crippen molar-refractivity contribution in [1.29, 1.82) is 0 Å². The third-order valence-corrected chi connectivity index (χ3v) is 4.58. The van der Waals surface area contributed by atoms with Crippen LogP contribution in [-0.4, -0.2) is 48.9 Å². The van der Waals surface area contributed by atoms with Crippen molar-refractivity contribution < 1.29 is 23.6 Å². The summed E-state index contributed by atoms with van der Waals surface area (Å²) in [5.74, 6) is 1.03. The Kier molecular flexibility index (Phi) is 5.95. The van der Waals surface area contributed by atoms with Gasteiger partial charge in [0.1, 0.15) is 17.5 Å². The lowest BCUT2D eigenvalue weighted by atomic mass is 10.0. The van der Waals surface area contributed by atoms with E-state index in [0.717, 1.165) is 24.2 Å². The fourth-order valence-corrected chi connectivity index (χ4v) is 3.15. The minimum Gasteiger partial charge on any atom is -0.497 e. The molecule has 0 saturated carbocycles. The van der Waals surface area contributed by atoms with Gasteiger partial charge in [-0.2, -0.15) is 0 Å². The van der Waals surface area contributed by atoms with E-state index in [1.54, 1.807) is 13.2 Å². The Morgan fingerprint density at radius 2 is 2.15 bits per heavy atom. The van der Waals surface area contributed by atoms with Gasteiger partial charge in [0.25, 0.3) is 0 Å². The molecule has 0 spiro atoms. The Balaban J connectivity index is 1.62. The topological polar surface area (TPSA) is 93.9 Å². The van der Waals surface area contributed by atoms with Gasteiger partial charge in [-0.15, -0.1) is 0 Å². The van der Waals surface area contributed by atoms with Crippen LogP contribution in [0.15, 0.2) is 34.9 Å². The van der Waals surface area contributed by atoms with Crippen molar-refractivity contribution in [2.45, 2.75) is 31.8 Å². The van der Waals surface area contributed by atoms with E-state index in [4.69, 9.17) is 14.0 Å². The molecule has 2 aromatic rings. The number of likely N-dealkylation sites (tertiary alicyclic amines) is 1. The van der Waals surface area contributed by atoms with Crippen molar-refractivity contribution in [3.05, 3.63) is 36.1 Å². The van der Waals surface area contributed by atoms with Gasteiger partial charge in [0.05, 0.1) is 20.8 Å². The van der Waals surface area contributed by atoms with E-state index < -0.39 is 12.1 Å². The molecule has 27 heavy (non-hydrogen) atoms. The summed E-state index contributed by atoms with van der Waals surface area (Å²) in [7, 11) is 2.92. The minimum absolute atomic E-state index is 0.196. The van der Waals surface area contributed by atoms with Gasteiger partial charge in [-0.25, -0.2) is 4.79 Å². The molecule has 1 aliphatic heterocycles. The number of methoxy groups -OCH3 is 2. The first kappa shape index (κ1) is 18.8. The van der Waals surface area contributed by atoms with Gasteiger partial charge in [0.2, 0.25) is 5.91 Å². The highest BCUT2D eigenvalue weighted by atomic mass is 16.5. The van der Waals surface area contributed by atoms with Crippen LogP contribution < -0.4 is 10.1 Å². The number of carbonyl (C=O) groups is 2. The standard InChI is InChI=1S/C19H23N3O5/c1-25-14-7-5-6-13(10-14)16-11-15(27-21-16)12-20-18(23)17-8-3-4-9-22(17)19(24)26-2/h5-7,10-11,17H,3-4,8-9,12H2,1-2H3,(H,20,23). The number of benzene rings is 1. The second-order valence-electron chi connectivity index (χ2n) is 6.30. The molecular weight excluding hydrogens is 350 g/mol. The SMILES string of the molecule is COC(=O)N1CCCCC1C(=O)NCc1cc(-c2cccc(OC)c2)no1. The highest BCUT2D eigenvalue weighted by Crippen LogP contribution is 2.23. The maximum absolute atomic E-state index is 12.5. The largest absolute Gasteiger partial charge is 0.497 e. The normalized spacial score (nSPS) is 16.7. The van der Waals surface area contributed by atoms with Crippen LogP contribution in [-0.2, 0) is 16.1 Å². The summed E-state index contributed by atoms with van der Waals surface area (Å²) in [6.07, 6.45) is 1.90. The van der Waals surface area contributed by atoms with Gasteiger partial charge in [-0.05, 0) is 31.4 Å². The summed E-state index contributed by atoms with van der Waals surface area (Å²) in [5, 5.41) is 6.86. The monoisotopic (exact) mass is 373 g/mol. The Hall–Kier alpha value is -3.03. The first-order valence-electron chi connectivity index (χ1n) is 8.84. The molecule has 3 rings (SSSR count). The second-order valence-corrected chi connectivity index (χ2v) is 6.30. The van der Waals surface area contributed by atoms with Crippen LogP contribution in [0.1, 0.15) is 25.0 Å². The second kappa shape index (κ2) is 8.57. The van der Waals surface area contributed by atoms with E-state index in [1.165, 1.54) is 12.0 Å². The zero-order valence-corrected chi connectivity index (χ0v) is 15.4. The van der Waals surface area contributed by atoms with E-state index in [0.29, 0.717) is 24.4 Å². The molecule has 1 aromatic carbocycles. The molecule has 2 heterocycles. The van der Waals surface area contributed by atoms with Gasteiger partial charge in [0, 0.05) is 18.2 Å². The number of piperidine rings is 1. The van der Waals surface area contributed by atoms with Crippen LogP contribution in [0, 0.1) is 0 Å². The first-order valence-corrected chi connectivity index (χ1v) is 8.84. The predicted molar refractivity (Wildman–Crippen MR) is 97.1 cm³/mol. The van der Waals surface area contributed by atoms with Crippen LogP contribution >= 0.6 is 0 Å². The number of nitrogens with one attached hydrogen (secondary N) is 1. The number of hydrogen-bond donors (Lipinski definition) is 1. The zero-order valence-electron chi connectivity index (χ0n) is 15.4. The van der Waals surface area contributed by atoms with Crippen molar-refractivity contribution >= 4 is 12.0 Å². The molecule has 144 valence electrons. The molecule has 0 aliphatic carbocycles. The third-order valence-electron chi connectivity index (χ3n) is 4.58. The number of carbonyl (C=O) groups excluding carboxylic acids is 2. The van der Waals surface area contributed by atoms with Crippen molar-refractivity contribution in [2.24, 2.45) is 0 Å². The summed E-state index contributed by atoms with van der Waals surface area (Å²) in [6.45, 7) is 0.717. The first-order chi connectivity index (χ1) is 13.1. The Bertz CT molecular complexity index is 804. The molecule has 1 aromatic heterocycles. The van der Waals surface area contributed by atoms with Crippen molar-refractivity contribution in [1.82, 2.24) is 15.4 Å². The lowest BCUT2D eigenvalue weighted by Gasteiger charge is -2.33. The van der Waals surface area contributed by atoms with Crippen molar-refractivity contribution in [2.75, 3.05) is 20.8 Å². The molecule has 1 saturated heterocycles. The molecule has 0 bridgehead atoms. The summed E-state index contributed by atoms with van der Waals surface area (Å²) < 4.78 is 15.3. The van der Waals surface area contributed by atoms with E-state index >= 15 is 0 Å². The van der Waals surface area contributed by atoms with Crippen LogP contribution in [0.25, 0.3) is 11.3 Å². The van der Waals surface area contributed by atoms with Gasteiger partial charge in [-0.1, -0.05) is 17.3 Å². The molecule has 1 atom stereocenters. The summed E-state index contributed by atoms with van der Waals surface area (Å²) in [4.78, 5) is 25.8. The fraction of sp³-hybridized carbons (Fsp3) is 0.421. The van der Waals surface area contributed by atoms with Crippen LogP contribution in [0.5, 0.6) is 5.75 Å². The summed E-state index contributed by atoms with van der Waals surface area (Å²) in [6, 6.07) is 8.73. The molecule has 2 amide bonds. The van der Waals surface area contributed by atoms with Gasteiger partial charge < -0.3 is 19.3 Å². The van der Waals surface area contributed by atoms with E-state index in [1.807, 2.05) is 24.3 Å². The van der Waals surface area contributed by atoms with Crippen LogP contribution in [0.2, 0.25) is 0 Å². The average molecular weight is 373 g/mol. The molecule has 1 fully saturated rings. The van der Waals surface area contributed by atoms with Gasteiger partial charge in [-0.3, -0.25) is 9.69 Å². The van der Waals surface area contributed by atoms with E-state index in [9.17, 15) is 9.59 Å². The Morgan fingerprint density at radius 3 is 2.93 bits per heavy atom. The van der Waals surface area contributed by atoms with Crippen molar-refractivity contribution in [3.63, 3.8) is 0 Å². The van der Waals surface area contributed by atoms with Gasteiger partial charge >= 0.3 is 6.09 Å². The molecule has 1 aliphatic rings. The predicted octanol–water partition coefficient (Wildman–Crippen LogP) is 2.59. The lowest BCUT2D eigenvalue weighted by molar-refractivity contribution is -0.127. The Morgan fingerprint density at radius 1 is 1.30 bits per heavy atom. The highest BCUT2D eigenvalue weighted by molar-refractivity contribution is 5.85. The number of hydrogen-bond acceptors (Lipinski definition) is 6. The van der Waals surface area contributed by atoms with E-state index in [2.05, 4.69) is 10.5 Å². The zero-order chi connectivity index (χ0) is 19.2. The maximum Gasteiger partial charge on any atom is 0.410 e. The molecule has 8 nitrogen and oxygen atoms in total. The third kappa shape index (κ3) is 4.39. The van der Waals surface area contributed by atoms with Crippen LogP contribution in [0.3, 0.4) is 0 Å². The molecular formula is C19H23N3O5. The number of ether oxygens (including phenoxy) is 2. The van der Waals surface area contributed by atoms with E-state index in [-0.39, 0.29) is 12.5 Å². The lowest BCUT2D eigenvalue weighted by Crippen LogP contribution is -2.51. The highest BCUT2D eigenvalue weighted by Gasteiger charge is 2.32. The number of rotatable bonds is 5.